The molecule has 1 aromatic rings. The maximum Gasteiger partial charge on any atom is 0.256 e. The highest BCUT2D eigenvalue weighted by atomic mass is 16.2. The lowest BCUT2D eigenvalue weighted by molar-refractivity contribution is -0.133. The summed E-state index contributed by atoms with van der Waals surface area (Å²) >= 11 is 0. The monoisotopic (exact) mass is 332 g/mol. The van der Waals surface area contributed by atoms with Crippen LogP contribution >= 0.6 is 0 Å². The van der Waals surface area contributed by atoms with Gasteiger partial charge in [0.1, 0.15) is 0 Å². The summed E-state index contributed by atoms with van der Waals surface area (Å²) in [5.41, 5.74) is 0.789. The van der Waals surface area contributed by atoms with Crippen LogP contribution in [0, 0.1) is 12.8 Å². The Labute approximate surface area is 143 Å². The molecule has 24 heavy (non-hydrogen) atoms. The van der Waals surface area contributed by atoms with E-state index in [0.717, 1.165) is 71.4 Å². The SMILES string of the molecule is Cc1cncn(CC2CCN(CCN3CCCCC3=O)CC2)c1=O. The van der Waals surface area contributed by atoms with Gasteiger partial charge in [-0.1, -0.05) is 0 Å². The van der Waals surface area contributed by atoms with Crippen molar-refractivity contribution < 1.29 is 4.79 Å². The fourth-order valence-corrected chi connectivity index (χ4v) is 3.72. The third-order valence-electron chi connectivity index (χ3n) is 5.34. The van der Waals surface area contributed by atoms with Crippen molar-refractivity contribution in [2.24, 2.45) is 5.92 Å². The number of aryl methyl sites for hydroxylation is 1. The van der Waals surface area contributed by atoms with E-state index in [9.17, 15) is 9.59 Å². The number of amides is 1. The molecule has 0 bridgehead atoms. The second-order valence-corrected chi connectivity index (χ2v) is 7.16. The Kier molecular flexibility index (Phi) is 5.66. The van der Waals surface area contributed by atoms with E-state index in [1.54, 1.807) is 17.1 Å². The molecule has 132 valence electrons. The molecule has 2 aliphatic heterocycles. The molecule has 0 spiro atoms. The third-order valence-corrected chi connectivity index (χ3v) is 5.34. The lowest BCUT2D eigenvalue weighted by Crippen LogP contribution is -2.43. The predicted octanol–water partition coefficient (Wildman–Crippen LogP) is 1.28. The van der Waals surface area contributed by atoms with Gasteiger partial charge in [-0.25, -0.2) is 4.98 Å². The van der Waals surface area contributed by atoms with Gasteiger partial charge in [0.25, 0.3) is 5.56 Å². The van der Waals surface area contributed by atoms with Crippen molar-refractivity contribution in [1.29, 1.82) is 0 Å². The standard InChI is InChI=1S/C18H28N4O2/c1-15-12-19-14-22(18(15)24)13-16-5-8-20(9-6-16)10-11-21-7-3-2-4-17(21)23/h12,14,16H,2-11,13H2,1H3. The summed E-state index contributed by atoms with van der Waals surface area (Å²) in [4.78, 5) is 32.5. The predicted molar refractivity (Wildman–Crippen MR) is 92.8 cm³/mol. The van der Waals surface area contributed by atoms with Crippen LogP contribution in [-0.2, 0) is 11.3 Å². The van der Waals surface area contributed by atoms with Crippen molar-refractivity contribution in [3.63, 3.8) is 0 Å². The molecule has 0 radical (unpaired) electrons. The molecule has 1 amide bonds. The number of rotatable bonds is 5. The number of nitrogens with zero attached hydrogens (tertiary/aromatic N) is 4. The summed E-state index contributed by atoms with van der Waals surface area (Å²) in [5.74, 6) is 0.863. The Bertz CT molecular complexity index is 620. The van der Waals surface area contributed by atoms with Gasteiger partial charge in [-0.3, -0.25) is 14.2 Å². The second kappa shape index (κ2) is 7.92. The topological polar surface area (TPSA) is 58.4 Å². The Balaban J connectivity index is 1.43. The molecular weight excluding hydrogens is 304 g/mol. The number of aromatic nitrogens is 2. The average Bonchev–Trinajstić information content (AvgIpc) is 2.59. The van der Waals surface area contributed by atoms with Gasteiger partial charge in [-0.05, 0) is 51.6 Å². The third kappa shape index (κ3) is 4.23. The van der Waals surface area contributed by atoms with Crippen LogP contribution in [0.25, 0.3) is 0 Å². The number of likely N-dealkylation sites (tertiary alicyclic amines) is 2. The van der Waals surface area contributed by atoms with Crippen LogP contribution in [0.1, 0.15) is 37.7 Å². The van der Waals surface area contributed by atoms with Crippen LogP contribution in [0.15, 0.2) is 17.3 Å². The lowest BCUT2D eigenvalue weighted by Gasteiger charge is -2.34. The summed E-state index contributed by atoms with van der Waals surface area (Å²) in [6, 6.07) is 0. The molecule has 0 atom stereocenters. The van der Waals surface area contributed by atoms with Crippen molar-refractivity contribution in [3.8, 4) is 0 Å². The van der Waals surface area contributed by atoms with Crippen molar-refractivity contribution in [2.45, 2.75) is 45.6 Å². The average molecular weight is 332 g/mol. The van der Waals surface area contributed by atoms with Gasteiger partial charge in [0.2, 0.25) is 5.91 Å². The normalized spacial score (nSPS) is 20.5. The number of piperidine rings is 2. The van der Waals surface area contributed by atoms with Crippen LogP contribution in [0.4, 0.5) is 0 Å². The van der Waals surface area contributed by atoms with Crippen LogP contribution in [0.3, 0.4) is 0 Å². The van der Waals surface area contributed by atoms with Gasteiger partial charge in [-0.15, -0.1) is 0 Å². The van der Waals surface area contributed by atoms with Gasteiger partial charge in [-0.2, -0.15) is 0 Å². The van der Waals surface area contributed by atoms with Gasteiger partial charge in [0.15, 0.2) is 0 Å². The molecule has 6 nitrogen and oxygen atoms in total. The van der Waals surface area contributed by atoms with Gasteiger partial charge < -0.3 is 9.80 Å². The highest BCUT2D eigenvalue weighted by Gasteiger charge is 2.22. The van der Waals surface area contributed by atoms with Crippen molar-refractivity contribution in [1.82, 2.24) is 19.4 Å². The molecule has 3 heterocycles. The van der Waals surface area contributed by atoms with Crippen molar-refractivity contribution in [3.05, 3.63) is 28.4 Å². The Morgan fingerprint density at radius 3 is 2.67 bits per heavy atom. The fourth-order valence-electron chi connectivity index (χ4n) is 3.72. The largest absolute Gasteiger partial charge is 0.341 e. The van der Waals surface area contributed by atoms with E-state index in [1.807, 2.05) is 11.8 Å². The minimum absolute atomic E-state index is 0.0797. The minimum atomic E-state index is 0.0797. The van der Waals surface area contributed by atoms with Crippen LogP contribution in [0.2, 0.25) is 0 Å². The second-order valence-electron chi connectivity index (χ2n) is 7.16. The molecule has 3 rings (SSSR count). The van der Waals surface area contributed by atoms with Crippen LogP contribution in [-0.4, -0.2) is 58.0 Å². The molecule has 1 aromatic heterocycles. The summed E-state index contributed by atoms with van der Waals surface area (Å²) in [6.07, 6.45) is 8.41. The first-order chi connectivity index (χ1) is 11.6. The Hall–Kier alpha value is -1.69. The van der Waals surface area contributed by atoms with Gasteiger partial charge >= 0.3 is 0 Å². The quantitative estimate of drug-likeness (QED) is 0.815. The van der Waals surface area contributed by atoms with Gasteiger partial charge in [0, 0.05) is 44.4 Å². The van der Waals surface area contributed by atoms with E-state index in [4.69, 9.17) is 0 Å². The summed E-state index contributed by atoms with van der Waals surface area (Å²) in [7, 11) is 0. The fraction of sp³-hybridized carbons (Fsp3) is 0.722. The maximum atomic E-state index is 12.1. The number of carbonyl (C=O) groups excluding carboxylic acids is 1. The highest BCUT2D eigenvalue weighted by molar-refractivity contribution is 5.76. The van der Waals surface area contributed by atoms with Crippen LogP contribution < -0.4 is 5.56 Å². The van der Waals surface area contributed by atoms with Gasteiger partial charge in [0.05, 0.1) is 6.33 Å². The van der Waals surface area contributed by atoms with E-state index < -0.39 is 0 Å². The molecule has 0 aliphatic carbocycles. The lowest BCUT2D eigenvalue weighted by atomic mass is 9.96. The molecule has 0 aromatic carbocycles. The van der Waals surface area contributed by atoms with E-state index in [2.05, 4.69) is 9.88 Å². The van der Waals surface area contributed by atoms with Crippen molar-refractivity contribution in [2.75, 3.05) is 32.7 Å². The summed E-state index contributed by atoms with van der Waals surface area (Å²) < 4.78 is 1.75. The zero-order chi connectivity index (χ0) is 16.9. The summed E-state index contributed by atoms with van der Waals surface area (Å²) in [6.45, 7) is 7.47. The molecule has 2 fully saturated rings. The zero-order valence-electron chi connectivity index (χ0n) is 14.6. The Morgan fingerprint density at radius 2 is 1.92 bits per heavy atom. The van der Waals surface area contributed by atoms with E-state index in [1.165, 1.54) is 0 Å². The van der Waals surface area contributed by atoms with E-state index >= 15 is 0 Å². The Morgan fingerprint density at radius 1 is 1.12 bits per heavy atom. The zero-order valence-corrected chi connectivity index (χ0v) is 14.6. The maximum absolute atomic E-state index is 12.1. The first-order valence-corrected chi connectivity index (χ1v) is 9.14. The number of hydrogen-bond acceptors (Lipinski definition) is 4. The molecule has 2 aliphatic rings. The molecule has 2 saturated heterocycles. The number of hydrogen-bond donors (Lipinski definition) is 0. The van der Waals surface area contributed by atoms with E-state index in [0.29, 0.717) is 17.4 Å². The van der Waals surface area contributed by atoms with E-state index in [-0.39, 0.29) is 5.56 Å². The molecule has 0 N–H and O–H groups in total. The smallest absolute Gasteiger partial charge is 0.256 e. The minimum Gasteiger partial charge on any atom is -0.341 e. The number of carbonyl (C=O) groups is 1. The summed E-state index contributed by atoms with van der Waals surface area (Å²) in [5, 5.41) is 0. The van der Waals surface area contributed by atoms with Crippen molar-refractivity contribution >= 4 is 5.91 Å². The molecule has 6 heteroatoms. The highest BCUT2D eigenvalue weighted by Crippen LogP contribution is 2.19. The molecular formula is C18H28N4O2. The molecule has 0 saturated carbocycles. The first-order valence-electron chi connectivity index (χ1n) is 9.14. The molecule has 0 unspecified atom stereocenters. The first kappa shape index (κ1) is 17.1. The van der Waals surface area contributed by atoms with Crippen LogP contribution in [0.5, 0.6) is 0 Å².